The minimum atomic E-state index is 0.524. The number of rotatable bonds is 4. The molecular weight excluding hydrogens is 324 g/mol. The molecule has 0 saturated carbocycles. The van der Waals surface area contributed by atoms with E-state index in [0.29, 0.717) is 18.0 Å². The van der Waals surface area contributed by atoms with Gasteiger partial charge < -0.3 is 4.74 Å². The molecule has 0 spiro atoms. The molecule has 3 atom stereocenters. The van der Waals surface area contributed by atoms with Gasteiger partial charge in [0.2, 0.25) is 0 Å². The molecule has 26 heavy (non-hydrogen) atoms. The molecule has 0 unspecified atom stereocenters. The van der Waals surface area contributed by atoms with Crippen LogP contribution in [0.15, 0.2) is 36.7 Å². The highest BCUT2D eigenvalue weighted by Crippen LogP contribution is 2.48. The molecule has 5 heteroatoms. The summed E-state index contributed by atoms with van der Waals surface area (Å²) in [7, 11) is 3.80. The number of hydrogen-bond acceptors (Lipinski definition) is 4. The van der Waals surface area contributed by atoms with Crippen LogP contribution in [0.5, 0.6) is 5.75 Å². The molecule has 5 nitrogen and oxygen atoms in total. The largest absolute Gasteiger partial charge is 0.496 e. The van der Waals surface area contributed by atoms with Crippen molar-refractivity contribution in [1.29, 1.82) is 0 Å². The summed E-state index contributed by atoms with van der Waals surface area (Å²) >= 11 is 0. The van der Waals surface area contributed by atoms with Gasteiger partial charge in [-0.25, -0.2) is 0 Å². The van der Waals surface area contributed by atoms with Gasteiger partial charge in [0.15, 0.2) is 0 Å². The number of methoxy groups -OCH3 is 1. The Morgan fingerprint density at radius 2 is 1.96 bits per heavy atom. The second-order valence-corrected chi connectivity index (χ2v) is 8.15. The van der Waals surface area contributed by atoms with Gasteiger partial charge in [-0.2, -0.15) is 5.10 Å². The second-order valence-electron chi connectivity index (χ2n) is 8.15. The van der Waals surface area contributed by atoms with Gasteiger partial charge in [0.1, 0.15) is 5.75 Å². The summed E-state index contributed by atoms with van der Waals surface area (Å²) in [5.74, 6) is 2.40. The highest BCUT2D eigenvalue weighted by molar-refractivity contribution is 5.39. The Kier molecular flexibility index (Phi) is 4.02. The number of para-hydroxylation sites is 1. The molecule has 4 fully saturated rings. The minimum absolute atomic E-state index is 0.524. The fraction of sp³-hybridized carbons (Fsp3) is 0.571. The van der Waals surface area contributed by atoms with E-state index in [4.69, 9.17) is 4.74 Å². The normalized spacial score (nSPS) is 33.4. The second kappa shape index (κ2) is 6.39. The maximum absolute atomic E-state index is 5.72. The van der Waals surface area contributed by atoms with Crippen LogP contribution in [0.4, 0.5) is 0 Å². The number of benzene rings is 1. The number of aryl methyl sites for hydroxylation is 1. The first-order valence-electron chi connectivity index (χ1n) is 9.83. The van der Waals surface area contributed by atoms with Crippen molar-refractivity contribution in [3.05, 3.63) is 47.8 Å². The van der Waals surface area contributed by atoms with Gasteiger partial charge in [-0.3, -0.25) is 14.5 Å². The third kappa shape index (κ3) is 2.57. The van der Waals surface area contributed by atoms with Gasteiger partial charge in [-0.05, 0) is 37.9 Å². The minimum Gasteiger partial charge on any atom is -0.496 e. The van der Waals surface area contributed by atoms with Gasteiger partial charge in [0, 0.05) is 55.5 Å². The van der Waals surface area contributed by atoms with E-state index in [1.165, 1.54) is 37.1 Å². The smallest absolute Gasteiger partial charge is 0.122 e. The van der Waals surface area contributed by atoms with Crippen molar-refractivity contribution < 1.29 is 4.74 Å². The van der Waals surface area contributed by atoms with Crippen molar-refractivity contribution >= 4 is 0 Å². The molecule has 2 bridgehead atoms. The molecule has 0 amide bonds. The molecule has 4 saturated heterocycles. The Bertz CT molecular complexity index is 780. The lowest BCUT2D eigenvalue weighted by Crippen LogP contribution is -2.59. The molecule has 138 valence electrons. The summed E-state index contributed by atoms with van der Waals surface area (Å²) in [6.45, 7) is 4.64. The predicted octanol–water partition coefficient (Wildman–Crippen LogP) is 2.49. The Hall–Kier alpha value is -1.85. The van der Waals surface area contributed by atoms with Crippen LogP contribution >= 0.6 is 0 Å². The molecule has 6 rings (SSSR count). The van der Waals surface area contributed by atoms with E-state index in [9.17, 15) is 0 Å². The first kappa shape index (κ1) is 16.3. The Balaban J connectivity index is 1.50. The SMILES string of the molecule is COc1ccccc1[C@@H]1CN(Cc2cnn(C)c2)[C@@H]2C3CCN(CC3)[C@@H]21. The zero-order valence-corrected chi connectivity index (χ0v) is 15.7. The van der Waals surface area contributed by atoms with Crippen LogP contribution in [-0.2, 0) is 13.6 Å². The van der Waals surface area contributed by atoms with Crippen LogP contribution < -0.4 is 4.74 Å². The average Bonchev–Trinajstić information content (AvgIpc) is 3.28. The van der Waals surface area contributed by atoms with Crippen LogP contribution in [0, 0.1) is 5.92 Å². The standard InChI is InChI=1S/C21H28N4O/c1-23-12-15(11-22-23)13-25-14-18(17-5-3-4-6-19(17)26-2)21-20(25)16-7-9-24(21)10-8-16/h3-6,11-12,16,18,20-21H,7-10,13-14H2,1-2H3/t18-,20+,21+/m0/s1. The summed E-state index contributed by atoms with van der Waals surface area (Å²) in [5.41, 5.74) is 2.70. The van der Waals surface area contributed by atoms with Crippen molar-refractivity contribution in [1.82, 2.24) is 19.6 Å². The summed E-state index contributed by atoms with van der Waals surface area (Å²) in [6.07, 6.45) is 6.88. The van der Waals surface area contributed by atoms with Crippen molar-refractivity contribution in [2.45, 2.75) is 37.4 Å². The summed E-state index contributed by atoms with van der Waals surface area (Å²) in [5, 5.41) is 4.37. The number of ether oxygens (including phenoxy) is 1. The van der Waals surface area contributed by atoms with Gasteiger partial charge in [0.25, 0.3) is 0 Å². The fourth-order valence-electron chi connectivity index (χ4n) is 5.76. The molecule has 5 heterocycles. The van der Waals surface area contributed by atoms with Gasteiger partial charge in [-0.15, -0.1) is 0 Å². The first-order valence-corrected chi connectivity index (χ1v) is 9.83. The van der Waals surface area contributed by atoms with Crippen LogP contribution in [0.25, 0.3) is 0 Å². The van der Waals surface area contributed by atoms with Gasteiger partial charge in [-0.1, -0.05) is 18.2 Å². The van der Waals surface area contributed by atoms with Crippen molar-refractivity contribution in [2.24, 2.45) is 13.0 Å². The summed E-state index contributed by atoms with van der Waals surface area (Å²) < 4.78 is 7.64. The number of nitrogens with zero attached hydrogens (tertiary/aromatic N) is 4. The number of hydrogen-bond donors (Lipinski definition) is 0. The number of likely N-dealkylation sites (tertiary alicyclic amines) is 1. The van der Waals surface area contributed by atoms with Gasteiger partial charge >= 0.3 is 0 Å². The molecule has 1 aromatic carbocycles. The maximum atomic E-state index is 5.72. The highest BCUT2D eigenvalue weighted by atomic mass is 16.5. The Morgan fingerprint density at radius 1 is 1.15 bits per heavy atom. The van der Waals surface area contributed by atoms with Crippen LogP contribution in [0.1, 0.15) is 29.9 Å². The van der Waals surface area contributed by atoms with E-state index in [-0.39, 0.29) is 0 Å². The molecule has 4 aliphatic heterocycles. The maximum Gasteiger partial charge on any atom is 0.122 e. The quantitative estimate of drug-likeness (QED) is 0.847. The fourth-order valence-corrected chi connectivity index (χ4v) is 5.76. The molecule has 0 radical (unpaired) electrons. The third-order valence-corrected chi connectivity index (χ3v) is 6.78. The summed E-state index contributed by atoms with van der Waals surface area (Å²) in [6, 6.07) is 9.91. The summed E-state index contributed by atoms with van der Waals surface area (Å²) in [4.78, 5) is 5.49. The third-order valence-electron chi connectivity index (χ3n) is 6.78. The van der Waals surface area contributed by atoms with Crippen LogP contribution in [0.3, 0.4) is 0 Å². The van der Waals surface area contributed by atoms with Crippen LogP contribution in [0.2, 0.25) is 0 Å². The topological polar surface area (TPSA) is 33.5 Å². The molecule has 4 aliphatic rings. The van der Waals surface area contributed by atoms with Crippen molar-refractivity contribution in [2.75, 3.05) is 26.7 Å². The molecule has 1 aromatic heterocycles. The van der Waals surface area contributed by atoms with Crippen molar-refractivity contribution in [3.63, 3.8) is 0 Å². The predicted molar refractivity (Wildman–Crippen MR) is 101 cm³/mol. The lowest BCUT2D eigenvalue weighted by atomic mass is 9.75. The average molecular weight is 352 g/mol. The zero-order chi connectivity index (χ0) is 17.7. The lowest BCUT2D eigenvalue weighted by molar-refractivity contribution is -0.00879. The Morgan fingerprint density at radius 3 is 2.69 bits per heavy atom. The van der Waals surface area contributed by atoms with E-state index in [2.05, 4.69) is 45.4 Å². The number of fused-ring (bicyclic) bond motifs is 2. The van der Waals surface area contributed by atoms with Gasteiger partial charge in [0.05, 0.1) is 13.3 Å². The molecule has 0 aliphatic carbocycles. The molecular formula is C21H28N4O. The van der Waals surface area contributed by atoms with E-state index < -0.39 is 0 Å². The lowest BCUT2D eigenvalue weighted by Gasteiger charge is -2.51. The Labute approximate surface area is 155 Å². The molecule has 2 aromatic rings. The van der Waals surface area contributed by atoms with E-state index in [1.807, 2.05) is 17.9 Å². The van der Waals surface area contributed by atoms with E-state index in [1.54, 1.807) is 7.11 Å². The van der Waals surface area contributed by atoms with E-state index in [0.717, 1.165) is 24.8 Å². The number of aromatic nitrogens is 2. The number of piperidine rings is 3. The zero-order valence-electron chi connectivity index (χ0n) is 15.7. The highest BCUT2D eigenvalue weighted by Gasteiger charge is 2.53. The molecule has 0 N–H and O–H groups in total. The van der Waals surface area contributed by atoms with E-state index >= 15 is 0 Å². The monoisotopic (exact) mass is 352 g/mol. The van der Waals surface area contributed by atoms with Crippen LogP contribution in [-0.4, -0.2) is 58.4 Å². The first-order chi connectivity index (χ1) is 12.7. The van der Waals surface area contributed by atoms with Crippen molar-refractivity contribution in [3.8, 4) is 5.75 Å².